The number of aromatic nitrogens is 2. The van der Waals surface area contributed by atoms with E-state index in [2.05, 4.69) is 15.7 Å². The number of ether oxygens (including phenoxy) is 1. The summed E-state index contributed by atoms with van der Waals surface area (Å²) in [5, 5.41) is 37.1. The van der Waals surface area contributed by atoms with E-state index >= 15 is 0 Å². The summed E-state index contributed by atoms with van der Waals surface area (Å²) in [5.74, 6) is 0.282. The maximum absolute atomic E-state index is 9.14. The van der Waals surface area contributed by atoms with Crippen molar-refractivity contribution in [1.82, 2.24) is 9.61 Å². The molecular formula is C23H25N7O3. The van der Waals surface area contributed by atoms with Crippen LogP contribution in [0.3, 0.4) is 0 Å². The first kappa shape index (κ1) is 22.1. The van der Waals surface area contributed by atoms with E-state index in [1.807, 2.05) is 42.5 Å². The number of fused-ring (bicyclic) bond motifs is 1. The molecule has 0 spiro atoms. The Morgan fingerprint density at radius 2 is 1.85 bits per heavy atom. The van der Waals surface area contributed by atoms with Crippen LogP contribution in [0.2, 0.25) is 0 Å². The Hall–Kier alpha value is -4.15. The SMILES string of the molecule is N=C1C=C(N)/C(=N\c2c(OCCO)nn3ccccc23)C=C1Nc1ccc(NCCO)cc1. The third-order valence-corrected chi connectivity index (χ3v) is 4.82. The molecular weight excluding hydrogens is 422 g/mol. The number of hydrogen-bond donors (Lipinski definition) is 6. The van der Waals surface area contributed by atoms with E-state index in [0.717, 1.165) is 16.9 Å². The average molecular weight is 447 g/mol. The van der Waals surface area contributed by atoms with Crippen molar-refractivity contribution in [3.63, 3.8) is 0 Å². The van der Waals surface area contributed by atoms with Crippen molar-refractivity contribution in [3.8, 4) is 5.88 Å². The monoisotopic (exact) mass is 447 g/mol. The normalized spacial score (nSPS) is 14.8. The minimum Gasteiger partial charge on any atom is -0.473 e. The van der Waals surface area contributed by atoms with Gasteiger partial charge in [-0.25, -0.2) is 9.51 Å². The number of allylic oxidation sites excluding steroid dienone is 2. The van der Waals surface area contributed by atoms with Crippen LogP contribution in [-0.2, 0) is 0 Å². The fourth-order valence-electron chi connectivity index (χ4n) is 3.26. The Balaban J connectivity index is 1.65. The highest BCUT2D eigenvalue weighted by Crippen LogP contribution is 2.33. The summed E-state index contributed by atoms with van der Waals surface area (Å²) < 4.78 is 7.23. The smallest absolute Gasteiger partial charge is 0.260 e. The number of anilines is 2. The molecule has 0 unspecified atom stereocenters. The summed E-state index contributed by atoms with van der Waals surface area (Å²) >= 11 is 0. The Bertz CT molecular complexity index is 1240. The number of aliphatic imine (C=N–C) groups is 1. The molecule has 2 heterocycles. The molecule has 170 valence electrons. The highest BCUT2D eigenvalue weighted by Gasteiger charge is 2.18. The van der Waals surface area contributed by atoms with Gasteiger partial charge in [-0.15, -0.1) is 5.10 Å². The minimum atomic E-state index is -0.147. The van der Waals surface area contributed by atoms with Gasteiger partial charge in [-0.3, -0.25) is 5.41 Å². The number of nitrogens with zero attached hydrogens (tertiary/aromatic N) is 3. The lowest BCUT2D eigenvalue weighted by molar-refractivity contribution is 0.197. The van der Waals surface area contributed by atoms with Gasteiger partial charge >= 0.3 is 0 Å². The number of rotatable bonds is 9. The first-order valence-corrected chi connectivity index (χ1v) is 10.4. The maximum atomic E-state index is 9.14. The van der Waals surface area contributed by atoms with Crippen molar-refractivity contribution in [2.45, 2.75) is 0 Å². The maximum Gasteiger partial charge on any atom is 0.260 e. The predicted octanol–water partition coefficient (Wildman–Crippen LogP) is 2.05. The summed E-state index contributed by atoms with van der Waals surface area (Å²) in [5.41, 5.74) is 10.6. The van der Waals surface area contributed by atoms with Crippen LogP contribution in [0.1, 0.15) is 0 Å². The topological polar surface area (TPSA) is 153 Å². The molecule has 4 rings (SSSR count). The first-order chi connectivity index (χ1) is 16.1. The van der Waals surface area contributed by atoms with Crippen LogP contribution in [0, 0.1) is 5.41 Å². The van der Waals surface area contributed by atoms with Gasteiger partial charge in [0, 0.05) is 24.1 Å². The second kappa shape index (κ2) is 9.98. The van der Waals surface area contributed by atoms with Crippen LogP contribution >= 0.6 is 0 Å². The van der Waals surface area contributed by atoms with Crippen molar-refractivity contribution in [3.05, 3.63) is 72.2 Å². The number of pyridine rings is 1. The third-order valence-electron chi connectivity index (χ3n) is 4.82. The van der Waals surface area contributed by atoms with Gasteiger partial charge < -0.3 is 31.3 Å². The fourth-order valence-corrected chi connectivity index (χ4v) is 3.26. The molecule has 1 aromatic carbocycles. The summed E-state index contributed by atoms with van der Waals surface area (Å²) in [4.78, 5) is 4.70. The molecule has 10 heteroatoms. The Morgan fingerprint density at radius 1 is 1.06 bits per heavy atom. The minimum absolute atomic E-state index is 0.0549. The van der Waals surface area contributed by atoms with Crippen molar-refractivity contribution >= 4 is 34.0 Å². The van der Waals surface area contributed by atoms with Crippen LogP contribution in [0.5, 0.6) is 5.88 Å². The zero-order valence-electron chi connectivity index (χ0n) is 17.8. The van der Waals surface area contributed by atoms with Gasteiger partial charge in [-0.1, -0.05) is 6.07 Å². The summed E-state index contributed by atoms with van der Waals surface area (Å²) in [6, 6.07) is 13.1. The fraction of sp³-hybridized carbons (Fsp3) is 0.174. The lowest BCUT2D eigenvalue weighted by Crippen LogP contribution is -2.21. The molecule has 3 aromatic rings. The third kappa shape index (κ3) is 5.03. The lowest BCUT2D eigenvalue weighted by Gasteiger charge is -2.17. The molecule has 0 aliphatic heterocycles. The number of aliphatic hydroxyl groups is 2. The highest BCUT2D eigenvalue weighted by atomic mass is 16.5. The summed E-state index contributed by atoms with van der Waals surface area (Å²) in [7, 11) is 0. The van der Waals surface area contributed by atoms with Crippen LogP contribution in [0.15, 0.2) is 77.2 Å². The van der Waals surface area contributed by atoms with Crippen LogP contribution in [0.25, 0.3) is 5.52 Å². The molecule has 1 aliphatic carbocycles. The summed E-state index contributed by atoms with van der Waals surface area (Å²) in [6.45, 7) is 0.467. The summed E-state index contributed by atoms with van der Waals surface area (Å²) in [6.07, 6.45) is 5.03. The number of aliphatic hydroxyl groups excluding tert-OH is 2. The average Bonchev–Trinajstić information content (AvgIpc) is 3.17. The van der Waals surface area contributed by atoms with Crippen molar-refractivity contribution in [2.24, 2.45) is 10.7 Å². The molecule has 0 saturated carbocycles. The molecule has 10 nitrogen and oxygen atoms in total. The van der Waals surface area contributed by atoms with Crippen LogP contribution in [0.4, 0.5) is 17.1 Å². The molecule has 2 aromatic heterocycles. The van der Waals surface area contributed by atoms with E-state index in [4.69, 9.17) is 31.1 Å². The molecule has 0 fully saturated rings. The quantitative estimate of drug-likeness (QED) is 0.274. The van der Waals surface area contributed by atoms with E-state index in [-0.39, 0.29) is 31.4 Å². The first-order valence-electron chi connectivity index (χ1n) is 10.4. The Morgan fingerprint density at radius 3 is 2.61 bits per heavy atom. The molecule has 33 heavy (non-hydrogen) atoms. The van der Waals surface area contributed by atoms with Gasteiger partial charge in [-0.05, 0) is 48.6 Å². The molecule has 0 amide bonds. The van der Waals surface area contributed by atoms with Crippen LogP contribution in [-0.4, -0.2) is 57.6 Å². The molecule has 0 bridgehead atoms. The van der Waals surface area contributed by atoms with Gasteiger partial charge in [0.1, 0.15) is 6.61 Å². The van der Waals surface area contributed by atoms with E-state index < -0.39 is 0 Å². The molecule has 0 atom stereocenters. The van der Waals surface area contributed by atoms with Gasteiger partial charge in [0.25, 0.3) is 5.88 Å². The standard InChI is InChI=1S/C23H25N7O3/c24-17-13-18(25)20(14-19(17)27-16-6-4-15(5-7-16)26-8-10-31)28-22-21-3-1-2-9-30(21)29-23(22)33-12-11-32/h1-7,9,13-14,24,26-27,31-32H,8,10-12,25H2/b24-17?,28-20-. The van der Waals surface area contributed by atoms with Crippen molar-refractivity contribution in [1.29, 1.82) is 5.41 Å². The van der Waals surface area contributed by atoms with Crippen molar-refractivity contribution < 1.29 is 14.9 Å². The largest absolute Gasteiger partial charge is 0.473 e. The Kier molecular flexibility index (Phi) is 6.67. The molecule has 0 radical (unpaired) electrons. The van der Waals surface area contributed by atoms with Gasteiger partial charge in [-0.2, -0.15) is 0 Å². The second-order valence-corrected chi connectivity index (χ2v) is 7.18. The van der Waals surface area contributed by atoms with Gasteiger partial charge in [0.2, 0.25) is 0 Å². The highest BCUT2D eigenvalue weighted by molar-refractivity contribution is 6.24. The zero-order chi connectivity index (χ0) is 23.2. The molecule has 7 N–H and O–H groups in total. The number of hydrogen-bond acceptors (Lipinski definition) is 9. The van der Waals surface area contributed by atoms with E-state index in [9.17, 15) is 0 Å². The van der Waals surface area contributed by atoms with E-state index in [1.165, 1.54) is 6.08 Å². The molecule has 1 aliphatic rings. The number of benzene rings is 1. The second-order valence-electron chi connectivity index (χ2n) is 7.18. The van der Waals surface area contributed by atoms with Crippen LogP contribution < -0.4 is 21.1 Å². The number of nitrogens with two attached hydrogens (primary N) is 1. The lowest BCUT2D eigenvalue weighted by atomic mass is 10.0. The predicted molar refractivity (Wildman–Crippen MR) is 129 cm³/mol. The van der Waals surface area contributed by atoms with E-state index in [0.29, 0.717) is 29.3 Å². The van der Waals surface area contributed by atoms with Crippen molar-refractivity contribution in [2.75, 3.05) is 37.0 Å². The van der Waals surface area contributed by atoms with Gasteiger partial charge in [0.15, 0.2) is 5.69 Å². The number of nitrogens with one attached hydrogen (secondary N) is 3. The van der Waals surface area contributed by atoms with E-state index in [1.54, 1.807) is 16.8 Å². The Labute approximate surface area is 190 Å². The van der Waals surface area contributed by atoms with Gasteiger partial charge in [0.05, 0.1) is 41.5 Å². The molecule has 0 saturated heterocycles. The zero-order valence-corrected chi connectivity index (χ0v) is 17.8.